The molecule has 0 bridgehead atoms. The van der Waals surface area contributed by atoms with E-state index in [9.17, 15) is 11.0 Å². The number of rotatable bonds is 12. The van der Waals surface area contributed by atoms with E-state index in [0.717, 1.165) is 49.7 Å². The molecule has 0 radical (unpaired) electrons. The van der Waals surface area contributed by atoms with Gasteiger partial charge >= 0.3 is 883 Å². The second-order valence-corrected chi connectivity index (χ2v) is 41.5. The molecular formula is C135H81N9Se3. The minimum atomic E-state index is -1.43. The van der Waals surface area contributed by atoms with Crippen molar-refractivity contribution in [2.75, 3.05) is 0 Å². The normalized spacial score (nSPS) is 14.2. The zero-order valence-corrected chi connectivity index (χ0v) is 82.1. The molecule has 0 N–H and O–H groups in total. The van der Waals surface area contributed by atoms with Crippen molar-refractivity contribution >= 4 is 198 Å². The van der Waals surface area contributed by atoms with Crippen molar-refractivity contribution in [1.29, 1.82) is 0 Å². The van der Waals surface area contributed by atoms with E-state index in [1.165, 1.54) is 109 Å². The van der Waals surface area contributed by atoms with Crippen LogP contribution in [0.15, 0.2) is 491 Å². The summed E-state index contributed by atoms with van der Waals surface area (Å²) in [5, 5.41) is 16.3. The van der Waals surface area contributed by atoms with E-state index in [1.807, 2.05) is 24.3 Å². The second-order valence-electron chi connectivity index (χ2n) is 35.1. The molecule has 0 saturated carbocycles. The molecule has 147 heavy (non-hydrogen) atoms. The topological polar surface area (TPSA) is 116 Å². The fourth-order valence-electron chi connectivity index (χ4n) is 19.7. The van der Waals surface area contributed by atoms with Gasteiger partial charge in [-0.2, -0.15) is 0 Å². The second kappa shape index (κ2) is 36.9. The Balaban J connectivity index is 0.000000124. The fourth-order valence-corrected chi connectivity index (χ4v) is 27.4. The van der Waals surface area contributed by atoms with Gasteiger partial charge in [0.15, 0.2) is 0 Å². The minimum absolute atomic E-state index is 0.0714. The molecule has 0 aliphatic rings. The molecule has 9 nitrogen and oxygen atoms in total. The molecule has 0 spiro atoms. The first-order valence-corrected chi connectivity index (χ1v) is 52.3. The average molecular weight is 2090 g/mol. The molecule has 0 atom stereocenters. The van der Waals surface area contributed by atoms with Crippen molar-refractivity contribution in [1.82, 2.24) is 44.9 Å². The third-order valence-corrected chi connectivity index (χ3v) is 34.2. The Kier molecular flexibility index (Phi) is 15.9. The molecule has 0 unspecified atom stereocenters. The summed E-state index contributed by atoms with van der Waals surface area (Å²) in [5.41, 5.74) is 8.05. The van der Waals surface area contributed by atoms with Gasteiger partial charge in [-0.3, -0.25) is 0 Å². The van der Waals surface area contributed by atoms with Crippen LogP contribution >= 0.6 is 0 Å². The van der Waals surface area contributed by atoms with Gasteiger partial charge in [0.2, 0.25) is 0 Å². The van der Waals surface area contributed by atoms with Crippen LogP contribution in [-0.2, 0) is 0 Å². The summed E-state index contributed by atoms with van der Waals surface area (Å²) in [7, 11) is 0. The van der Waals surface area contributed by atoms with Gasteiger partial charge in [-0.25, -0.2) is 0 Å². The predicted octanol–water partition coefficient (Wildman–Crippen LogP) is 34.1. The van der Waals surface area contributed by atoms with Crippen molar-refractivity contribution in [2.45, 2.75) is 0 Å². The van der Waals surface area contributed by atoms with Crippen LogP contribution in [0.4, 0.5) is 0 Å². The average Bonchev–Trinajstić information content (AvgIpc) is 1.11. The van der Waals surface area contributed by atoms with Crippen molar-refractivity contribution in [3.05, 3.63) is 491 Å². The number of hydrogen-bond acceptors (Lipinski definition) is 9. The Morgan fingerprint density at radius 3 is 1.18 bits per heavy atom. The predicted molar refractivity (Wildman–Crippen MR) is 618 cm³/mol. The zero-order chi connectivity index (χ0) is 120. The maximum atomic E-state index is 9.76. The molecule has 684 valence electrons. The van der Waals surface area contributed by atoms with E-state index in [-0.39, 0.29) is 48.3 Å². The van der Waals surface area contributed by atoms with Crippen molar-refractivity contribution in [2.24, 2.45) is 0 Å². The summed E-state index contributed by atoms with van der Waals surface area (Å²) in [6.45, 7) is 0. The molecular weight excluding hydrogens is 1980 g/mol. The molecule has 0 amide bonds. The van der Waals surface area contributed by atoms with Gasteiger partial charge < -0.3 is 0 Å². The Hall–Kier alpha value is -17.8. The van der Waals surface area contributed by atoms with Gasteiger partial charge in [0.05, 0.1) is 0 Å². The van der Waals surface area contributed by atoms with Crippen molar-refractivity contribution < 1.29 is 37.0 Å². The molecule has 12 heteroatoms. The van der Waals surface area contributed by atoms with Gasteiger partial charge in [-0.15, -0.1) is 0 Å². The third kappa shape index (κ3) is 15.7. The molecule has 24 aromatic carbocycles. The number of aromatic nitrogens is 9. The Morgan fingerprint density at radius 2 is 0.524 bits per heavy atom. The summed E-state index contributed by atoms with van der Waals surface area (Å²) in [4.78, 5) is 44.3. The summed E-state index contributed by atoms with van der Waals surface area (Å²) in [6, 6.07) is 95.3. The molecule has 30 rings (SSSR count). The van der Waals surface area contributed by atoms with Gasteiger partial charge in [0, 0.05) is 0 Å². The van der Waals surface area contributed by atoms with E-state index in [4.69, 9.17) is 55.9 Å². The first kappa shape index (κ1) is 63.3. The van der Waals surface area contributed by atoms with Crippen LogP contribution in [0.5, 0.6) is 0 Å². The molecule has 6 heterocycles. The zero-order valence-electron chi connectivity index (χ0n) is 104. The van der Waals surface area contributed by atoms with Crippen molar-refractivity contribution in [3.8, 4) is 136 Å². The molecule has 0 saturated heterocycles. The monoisotopic (exact) mass is 2090 g/mol. The molecule has 0 aliphatic carbocycles. The maximum absolute atomic E-state index is 9.76. The molecule has 0 aliphatic heterocycles. The molecule has 6 aromatic heterocycles. The van der Waals surface area contributed by atoms with Crippen LogP contribution < -0.4 is 0 Å². The third-order valence-electron chi connectivity index (χ3n) is 26.6. The van der Waals surface area contributed by atoms with E-state index in [0.29, 0.717) is 34.9 Å². The van der Waals surface area contributed by atoms with E-state index >= 15 is 0 Å². The van der Waals surface area contributed by atoms with Gasteiger partial charge in [0.1, 0.15) is 0 Å². The van der Waals surface area contributed by atoms with Crippen LogP contribution in [-0.4, -0.2) is 88.4 Å². The van der Waals surface area contributed by atoms with Crippen LogP contribution in [0.25, 0.3) is 291 Å². The number of fused-ring (bicyclic) bond motifs is 24. The number of nitrogens with zero attached hydrogens (tertiary/aromatic N) is 9. The number of benzene rings is 24. The van der Waals surface area contributed by atoms with Crippen LogP contribution in [0, 0.1) is 0 Å². The Morgan fingerprint density at radius 1 is 0.143 bits per heavy atom. The van der Waals surface area contributed by atoms with Crippen molar-refractivity contribution in [3.63, 3.8) is 0 Å². The first-order chi connectivity index (χ1) is 84.1. The van der Waals surface area contributed by atoms with E-state index < -0.39 is 255 Å². The van der Waals surface area contributed by atoms with Crippen LogP contribution in [0.2, 0.25) is 0 Å². The van der Waals surface area contributed by atoms with E-state index in [2.05, 4.69) is 318 Å². The van der Waals surface area contributed by atoms with Crippen LogP contribution in [0.1, 0.15) is 37.0 Å². The first-order valence-electron chi connectivity index (χ1n) is 60.6. The quantitative estimate of drug-likeness (QED) is 0.0871. The van der Waals surface area contributed by atoms with Gasteiger partial charge in [-0.05, 0) is 0 Å². The summed E-state index contributed by atoms with van der Waals surface area (Å²) >= 11 is -1.19. The van der Waals surface area contributed by atoms with Gasteiger partial charge in [-0.1, -0.05) is 24.3 Å². The number of hydrogen-bond donors (Lipinski definition) is 0. The molecule has 0 fully saturated rings. The Labute approximate surface area is 901 Å². The standard InChI is InChI=1S/3C45H27N3Se/c1-3-13-28(14-4-1)32-21-11-22-36-37-23-12-24-38(42(37)49-41(32)36)44-46-43(30-16-5-2-6-17-30)47-45(48-44)40-27-39-31-18-8-7-15-29(31)25-26-35(39)33-19-9-10-20-34(33)40;1-3-11-30(12-4-1)43-46-44(31-13-5-2-6-14-31)48-45(47-43)33-22-25-38-39-17-9-16-35(42(39)49-41(38)27-33)32-19-18-29-21-23-36-34-15-8-7-10-28(34)20-24-37(36)40(29)26-32;1-2-10-28(11-3-1)29-20-22-31(23-21-29)43-46-44(48-45(47-43)40-18-9-16-38-37-14-6-7-19-41(37)49-42(38)40)39-17-8-15-33-35-25-24-30-12-4-5-13-32(30)34(35)26-27-36(33)39/h3*1-27H/i;1D,2D,3D,4D,5D,6D,7D,8D,9D,10D,11D,12D,13D,14D,15D,16D,17D,18D,19D,20D,21D,22D,23D,24D,25D,26D,27D;. The summed E-state index contributed by atoms with van der Waals surface area (Å²) in [6.07, 6.45) is 0. The molecule has 30 aromatic rings. The summed E-state index contributed by atoms with van der Waals surface area (Å²) < 4.78 is 244. The van der Waals surface area contributed by atoms with Gasteiger partial charge in [0.25, 0.3) is 0 Å². The van der Waals surface area contributed by atoms with E-state index in [1.54, 1.807) is 0 Å². The SMILES string of the molecule is [2H]c1c([2H])c([2H])c(-c2nc(-c3c([2H])c([2H])c([2H])c([2H])c3[2H])nc(-c3c([2H])c([2H])c4c([se]c5c(-c6c([2H])c([2H])c7c([2H])c([2H])c8c9c([2H])c([2H])c([2H])c([2H])c9c([2H])c([2H])c8c7c6[2H])c([2H])c([2H])c([2H])c54)c3[2H])n2)c([2H])c1[2H].c1ccc(-c2ccc(-c3nc(-c4cccc5c4ccc4c6ccccc6ccc54)nc(-c4cccc5c4[se]c4ccccc45)n3)cc2)cc1.c1ccc(-c2nc(-c3cc4c5ccccc5ccc4c4ccccc34)nc(-c3cccc4c3[se]c3c(-c5ccccc5)cccc34)n2)cc1. The Bertz CT molecular complexity index is 12200. The van der Waals surface area contributed by atoms with Crippen LogP contribution in [0.3, 0.4) is 0 Å². The summed E-state index contributed by atoms with van der Waals surface area (Å²) in [5.74, 6) is 1.95. The fraction of sp³-hybridized carbons (Fsp3) is 0.